The first-order chi connectivity index (χ1) is 11.8. The van der Waals surface area contributed by atoms with Crippen molar-refractivity contribution in [3.05, 3.63) is 28.8 Å². The smallest absolute Gasteiger partial charge is 0.331 e. The fraction of sp³-hybridized carbons (Fsp3) is 0.444. The number of hydrogen-bond acceptors (Lipinski definition) is 5. The second-order valence-electron chi connectivity index (χ2n) is 6.25. The Hall–Kier alpha value is -2.21. The Bertz CT molecular complexity index is 684. The van der Waals surface area contributed by atoms with Crippen molar-refractivity contribution in [1.82, 2.24) is 5.32 Å². The molecule has 0 saturated carbocycles. The molecular formula is C18H22ClNO5. The lowest BCUT2D eigenvalue weighted by atomic mass is 10.0. The van der Waals surface area contributed by atoms with Gasteiger partial charge < -0.3 is 19.5 Å². The Kier molecular flexibility index (Phi) is 6.31. The van der Waals surface area contributed by atoms with E-state index in [1.165, 1.54) is 6.08 Å². The summed E-state index contributed by atoms with van der Waals surface area (Å²) in [5, 5.41) is 3.20. The van der Waals surface area contributed by atoms with Crippen LogP contribution in [0.4, 0.5) is 0 Å². The average molecular weight is 368 g/mol. The summed E-state index contributed by atoms with van der Waals surface area (Å²) in [4.78, 5) is 23.5. The zero-order valence-corrected chi connectivity index (χ0v) is 15.3. The fourth-order valence-corrected chi connectivity index (χ4v) is 2.35. The van der Waals surface area contributed by atoms with Crippen LogP contribution in [0.15, 0.2) is 18.2 Å². The molecule has 2 rings (SSSR count). The first kappa shape index (κ1) is 19.1. The van der Waals surface area contributed by atoms with Crippen LogP contribution in [0, 0.1) is 0 Å². The van der Waals surface area contributed by atoms with Crippen LogP contribution in [0.3, 0.4) is 0 Å². The molecule has 6 nitrogen and oxygen atoms in total. The second-order valence-corrected chi connectivity index (χ2v) is 6.66. The average Bonchev–Trinajstić information content (AvgIpc) is 2.58. The largest absolute Gasteiger partial charge is 0.486 e. The normalized spacial score (nSPS) is 13.6. The molecular weight excluding hydrogens is 346 g/mol. The van der Waals surface area contributed by atoms with Gasteiger partial charge in [-0.25, -0.2) is 4.79 Å². The lowest BCUT2D eigenvalue weighted by Crippen LogP contribution is -2.44. The molecule has 1 N–H and O–H groups in total. The molecule has 0 aromatic heterocycles. The van der Waals surface area contributed by atoms with Crippen molar-refractivity contribution >= 4 is 29.6 Å². The van der Waals surface area contributed by atoms with Crippen molar-refractivity contribution in [3.8, 4) is 11.5 Å². The standard InChI is InChI=1S/C18H22ClNO5/c1-4-18(2,3)20-15(21)11-25-16(22)6-5-12-9-13(19)17-14(10-12)23-7-8-24-17/h5-6,9-10H,4,7-8,11H2,1-3H3,(H,20,21)/b6-5+. The summed E-state index contributed by atoms with van der Waals surface area (Å²) >= 11 is 6.13. The van der Waals surface area contributed by atoms with Gasteiger partial charge in [0.05, 0.1) is 5.02 Å². The molecule has 1 aromatic rings. The number of hydrogen-bond donors (Lipinski definition) is 1. The molecule has 0 atom stereocenters. The van der Waals surface area contributed by atoms with E-state index < -0.39 is 5.97 Å². The lowest BCUT2D eigenvalue weighted by molar-refractivity contribution is -0.144. The van der Waals surface area contributed by atoms with Gasteiger partial charge in [0.15, 0.2) is 18.1 Å². The van der Waals surface area contributed by atoms with Crippen molar-refractivity contribution < 1.29 is 23.8 Å². The van der Waals surface area contributed by atoms with Crippen molar-refractivity contribution in [2.75, 3.05) is 19.8 Å². The highest BCUT2D eigenvalue weighted by Gasteiger charge is 2.18. The Morgan fingerprint density at radius 2 is 2.04 bits per heavy atom. The van der Waals surface area contributed by atoms with Crippen LogP contribution in [-0.4, -0.2) is 37.2 Å². The van der Waals surface area contributed by atoms with E-state index in [1.807, 2.05) is 20.8 Å². The summed E-state index contributed by atoms with van der Waals surface area (Å²) in [6.45, 7) is 6.34. The van der Waals surface area contributed by atoms with Gasteiger partial charge in [0, 0.05) is 11.6 Å². The fourth-order valence-electron chi connectivity index (χ4n) is 2.08. The monoisotopic (exact) mass is 367 g/mol. The number of rotatable bonds is 6. The van der Waals surface area contributed by atoms with E-state index in [4.69, 9.17) is 25.8 Å². The summed E-state index contributed by atoms with van der Waals surface area (Å²) in [5.74, 6) is 0.0854. The molecule has 1 aliphatic rings. The van der Waals surface area contributed by atoms with E-state index in [9.17, 15) is 9.59 Å². The maximum absolute atomic E-state index is 11.8. The Morgan fingerprint density at radius 3 is 2.76 bits per heavy atom. The Morgan fingerprint density at radius 1 is 1.32 bits per heavy atom. The zero-order chi connectivity index (χ0) is 18.4. The first-order valence-electron chi connectivity index (χ1n) is 8.06. The van der Waals surface area contributed by atoms with Crippen molar-refractivity contribution in [2.45, 2.75) is 32.7 Å². The number of benzene rings is 1. The van der Waals surface area contributed by atoms with Gasteiger partial charge in [0.2, 0.25) is 0 Å². The number of carbonyl (C=O) groups is 2. The number of ether oxygens (including phenoxy) is 3. The molecule has 25 heavy (non-hydrogen) atoms. The molecule has 0 aliphatic carbocycles. The SMILES string of the molecule is CCC(C)(C)NC(=O)COC(=O)/C=C/c1cc(Cl)c2c(c1)OCCO2. The number of halogens is 1. The van der Waals surface area contributed by atoms with Crippen LogP contribution in [0.2, 0.25) is 5.02 Å². The molecule has 0 spiro atoms. The maximum atomic E-state index is 11.8. The van der Waals surface area contributed by atoms with E-state index in [0.29, 0.717) is 35.3 Å². The van der Waals surface area contributed by atoms with E-state index in [2.05, 4.69) is 5.32 Å². The number of esters is 1. The Balaban J connectivity index is 1.90. The maximum Gasteiger partial charge on any atom is 0.331 e. The van der Waals surface area contributed by atoms with Gasteiger partial charge in [0.1, 0.15) is 13.2 Å². The number of amides is 1. The zero-order valence-electron chi connectivity index (χ0n) is 14.6. The Labute approximate surface area is 152 Å². The molecule has 1 aromatic carbocycles. The van der Waals surface area contributed by atoms with E-state index in [-0.39, 0.29) is 18.1 Å². The van der Waals surface area contributed by atoms with Crippen molar-refractivity contribution in [3.63, 3.8) is 0 Å². The molecule has 0 radical (unpaired) electrons. The number of carbonyl (C=O) groups excluding carboxylic acids is 2. The van der Waals surface area contributed by atoms with Gasteiger partial charge in [-0.05, 0) is 44.0 Å². The highest BCUT2D eigenvalue weighted by molar-refractivity contribution is 6.32. The lowest BCUT2D eigenvalue weighted by Gasteiger charge is -2.24. The van der Waals surface area contributed by atoms with Gasteiger partial charge in [-0.2, -0.15) is 0 Å². The third-order valence-corrected chi connectivity index (χ3v) is 4.02. The van der Waals surface area contributed by atoms with Crippen LogP contribution in [-0.2, 0) is 14.3 Å². The van der Waals surface area contributed by atoms with Gasteiger partial charge in [-0.3, -0.25) is 4.79 Å². The van der Waals surface area contributed by atoms with Gasteiger partial charge >= 0.3 is 5.97 Å². The summed E-state index contributed by atoms with van der Waals surface area (Å²) in [6, 6.07) is 3.38. The minimum atomic E-state index is -0.615. The van der Waals surface area contributed by atoms with Crippen molar-refractivity contribution in [2.24, 2.45) is 0 Å². The summed E-state index contributed by atoms with van der Waals surface area (Å²) < 4.78 is 15.8. The quantitative estimate of drug-likeness (QED) is 0.618. The van der Waals surface area contributed by atoms with Crippen LogP contribution >= 0.6 is 11.6 Å². The molecule has 1 amide bonds. The van der Waals surface area contributed by atoms with Crippen LogP contribution in [0.5, 0.6) is 11.5 Å². The highest BCUT2D eigenvalue weighted by Crippen LogP contribution is 2.38. The molecule has 1 aliphatic heterocycles. The van der Waals surface area contributed by atoms with E-state index >= 15 is 0 Å². The van der Waals surface area contributed by atoms with E-state index in [1.54, 1.807) is 18.2 Å². The third kappa shape index (κ3) is 5.67. The summed E-state index contributed by atoms with van der Waals surface area (Å²) in [7, 11) is 0. The molecule has 1 heterocycles. The van der Waals surface area contributed by atoms with Crippen LogP contribution in [0.1, 0.15) is 32.8 Å². The van der Waals surface area contributed by atoms with E-state index in [0.717, 1.165) is 6.42 Å². The molecule has 136 valence electrons. The van der Waals surface area contributed by atoms with Crippen LogP contribution in [0.25, 0.3) is 6.08 Å². The number of nitrogens with one attached hydrogen (secondary N) is 1. The van der Waals surface area contributed by atoms with Gasteiger partial charge in [-0.1, -0.05) is 18.5 Å². The van der Waals surface area contributed by atoms with Crippen molar-refractivity contribution in [1.29, 1.82) is 0 Å². The molecule has 0 fully saturated rings. The molecule has 0 saturated heterocycles. The molecule has 0 unspecified atom stereocenters. The molecule has 7 heteroatoms. The highest BCUT2D eigenvalue weighted by atomic mass is 35.5. The second kappa shape index (κ2) is 8.25. The number of fused-ring (bicyclic) bond motifs is 1. The van der Waals surface area contributed by atoms with Gasteiger partial charge in [0.25, 0.3) is 5.91 Å². The summed E-state index contributed by atoms with van der Waals surface area (Å²) in [6.07, 6.45) is 3.55. The minimum absolute atomic E-state index is 0.325. The predicted octanol–water partition coefficient (Wildman–Crippen LogP) is 2.97. The topological polar surface area (TPSA) is 73.9 Å². The first-order valence-corrected chi connectivity index (χ1v) is 8.43. The predicted molar refractivity (Wildman–Crippen MR) is 94.9 cm³/mol. The third-order valence-electron chi connectivity index (χ3n) is 3.74. The van der Waals surface area contributed by atoms with Gasteiger partial charge in [-0.15, -0.1) is 0 Å². The molecule has 0 bridgehead atoms. The van der Waals surface area contributed by atoms with Crippen LogP contribution < -0.4 is 14.8 Å². The summed E-state index contributed by atoms with van der Waals surface area (Å²) in [5.41, 5.74) is 0.337. The minimum Gasteiger partial charge on any atom is -0.486 e.